The average Bonchev–Trinajstić information content (AvgIpc) is 2.03. The molecule has 0 aliphatic rings. The van der Waals surface area contributed by atoms with Crippen molar-refractivity contribution in [2.75, 3.05) is 0 Å². The number of carbonyl (C=O) groups is 1. The first-order chi connectivity index (χ1) is 5.61. The van der Waals surface area contributed by atoms with E-state index in [4.69, 9.17) is 5.11 Å². The molecule has 0 aliphatic carbocycles. The van der Waals surface area contributed by atoms with Crippen LogP contribution in [-0.2, 0) is 4.79 Å². The normalized spacial score (nSPS) is 15.1. The molecule has 0 aromatic rings. The molecule has 0 aliphatic heterocycles. The third-order valence-electron chi connectivity index (χ3n) is 1.57. The number of carboxylic acid groups (broad SMARTS) is 1. The summed E-state index contributed by atoms with van der Waals surface area (Å²) in [5.41, 5.74) is 0.826. The quantitative estimate of drug-likeness (QED) is 0.655. The maximum absolute atomic E-state index is 10.5. The van der Waals surface area contributed by atoms with Crippen molar-refractivity contribution < 1.29 is 9.90 Å². The van der Waals surface area contributed by atoms with Crippen molar-refractivity contribution in [2.45, 2.75) is 27.2 Å². The maximum Gasteiger partial charge on any atom is 0.306 e. The number of hydrogen-bond donors (Lipinski definition) is 1. The lowest BCUT2D eigenvalue weighted by atomic mass is 10.1. The lowest BCUT2D eigenvalue weighted by molar-refractivity contribution is -0.141. The standard InChI is InChI=1S/C9H15NO2/c1-4-8(10-5-2)6-7(3)9(11)12/h4-5,7H,6H2,1-3H3,(H,11,12)/b8-4-,10-5?/t7-/m0/s1. The summed E-state index contributed by atoms with van der Waals surface area (Å²) in [5, 5.41) is 8.62. The number of rotatable bonds is 4. The summed E-state index contributed by atoms with van der Waals surface area (Å²) in [5.74, 6) is -1.14. The zero-order chi connectivity index (χ0) is 9.56. The summed E-state index contributed by atoms with van der Waals surface area (Å²) in [4.78, 5) is 14.5. The van der Waals surface area contributed by atoms with E-state index < -0.39 is 5.97 Å². The molecule has 0 bridgehead atoms. The van der Waals surface area contributed by atoms with E-state index in [0.29, 0.717) is 6.42 Å². The number of aliphatic carboxylic acids is 1. The zero-order valence-electron chi connectivity index (χ0n) is 7.74. The smallest absolute Gasteiger partial charge is 0.306 e. The molecule has 0 heterocycles. The molecule has 0 saturated heterocycles. The molecule has 0 rings (SSSR count). The first-order valence-corrected chi connectivity index (χ1v) is 3.98. The van der Waals surface area contributed by atoms with Crippen molar-refractivity contribution in [3.63, 3.8) is 0 Å². The van der Waals surface area contributed by atoms with E-state index in [2.05, 4.69) is 4.99 Å². The number of aliphatic imine (C=N–C) groups is 1. The second kappa shape index (κ2) is 5.52. The van der Waals surface area contributed by atoms with Crippen LogP contribution in [-0.4, -0.2) is 17.3 Å². The molecule has 3 heteroatoms. The maximum atomic E-state index is 10.5. The predicted octanol–water partition coefficient (Wildman–Crippen LogP) is 2.09. The van der Waals surface area contributed by atoms with E-state index >= 15 is 0 Å². The molecule has 68 valence electrons. The van der Waals surface area contributed by atoms with Gasteiger partial charge in [-0.2, -0.15) is 0 Å². The highest BCUT2D eigenvalue weighted by molar-refractivity contribution is 5.70. The second-order valence-electron chi connectivity index (χ2n) is 2.61. The van der Waals surface area contributed by atoms with E-state index in [9.17, 15) is 4.79 Å². The fourth-order valence-corrected chi connectivity index (χ4v) is 0.812. The molecule has 0 aromatic carbocycles. The van der Waals surface area contributed by atoms with E-state index in [1.54, 1.807) is 13.1 Å². The molecular formula is C9H15NO2. The number of carboxylic acids is 1. The first kappa shape index (κ1) is 10.9. The van der Waals surface area contributed by atoms with Crippen molar-refractivity contribution in [3.8, 4) is 0 Å². The third kappa shape index (κ3) is 3.91. The lowest BCUT2D eigenvalue weighted by Gasteiger charge is -2.04. The monoisotopic (exact) mass is 169 g/mol. The number of allylic oxidation sites excluding steroid dienone is 2. The molecule has 0 spiro atoms. The Morgan fingerprint density at radius 3 is 2.50 bits per heavy atom. The number of hydrogen-bond acceptors (Lipinski definition) is 2. The minimum absolute atomic E-state index is 0.361. The van der Waals surface area contributed by atoms with Crippen LogP contribution >= 0.6 is 0 Å². The van der Waals surface area contributed by atoms with Crippen LogP contribution in [0.2, 0.25) is 0 Å². The van der Waals surface area contributed by atoms with Crippen LogP contribution in [0.15, 0.2) is 16.8 Å². The summed E-state index contributed by atoms with van der Waals surface area (Å²) < 4.78 is 0. The Balaban J connectivity index is 4.13. The van der Waals surface area contributed by atoms with Gasteiger partial charge in [0.25, 0.3) is 0 Å². The van der Waals surface area contributed by atoms with Gasteiger partial charge in [-0.3, -0.25) is 9.79 Å². The van der Waals surface area contributed by atoms with Crippen molar-refractivity contribution in [3.05, 3.63) is 11.8 Å². The molecule has 1 N–H and O–H groups in total. The van der Waals surface area contributed by atoms with E-state index in [0.717, 1.165) is 5.70 Å². The molecule has 0 saturated carbocycles. The molecule has 1 atom stereocenters. The topological polar surface area (TPSA) is 49.7 Å². The van der Waals surface area contributed by atoms with Crippen LogP contribution < -0.4 is 0 Å². The summed E-state index contributed by atoms with van der Waals surface area (Å²) in [6.45, 7) is 5.35. The Morgan fingerprint density at radius 2 is 2.17 bits per heavy atom. The van der Waals surface area contributed by atoms with E-state index in [1.165, 1.54) is 0 Å². The van der Waals surface area contributed by atoms with E-state index in [1.807, 2.05) is 19.9 Å². The molecular weight excluding hydrogens is 154 g/mol. The summed E-state index contributed by atoms with van der Waals surface area (Å²) >= 11 is 0. The zero-order valence-corrected chi connectivity index (χ0v) is 7.74. The molecule has 0 amide bonds. The molecule has 12 heavy (non-hydrogen) atoms. The predicted molar refractivity (Wildman–Crippen MR) is 49.3 cm³/mol. The van der Waals surface area contributed by atoms with Gasteiger partial charge in [-0.05, 0) is 13.8 Å². The van der Waals surface area contributed by atoms with Gasteiger partial charge in [-0.25, -0.2) is 0 Å². The molecule has 0 fully saturated rings. The van der Waals surface area contributed by atoms with Gasteiger partial charge >= 0.3 is 5.97 Å². The number of nitrogens with zero attached hydrogens (tertiary/aromatic N) is 1. The third-order valence-corrected chi connectivity index (χ3v) is 1.57. The summed E-state index contributed by atoms with van der Waals surface area (Å²) in [6, 6.07) is 0. The van der Waals surface area contributed by atoms with Gasteiger partial charge in [0, 0.05) is 18.3 Å². The fourth-order valence-electron chi connectivity index (χ4n) is 0.812. The van der Waals surface area contributed by atoms with Gasteiger partial charge in [-0.15, -0.1) is 0 Å². The van der Waals surface area contributed by atoms with E-state index in [-0.39, 0.29) is 5.92 Å². The minimum atomic E-state index is -0.777. The molecule has 3 nitrogen and oxygen atoms in total. The van der Waals surface area contributed by atoms with Gasteiger partial charge in [0.15, 0.2) is 0 Å². The summed E-state index contributed by atoms with van der Waals surface area (Å²) in [6.07, 6.45) is 4.00. The molecule has 0 unspecified atom stereocenters. The first-order valence-electron chi connectivity index (χ1n) is 3.98. The van der Waals surface area contributed by atoms with Gasteiger partial charge in [0.05, 0.1) is 5.92 Å². The highest BCUT2D eigenvalue weighted by atomic mass is 16.4. The minimum Gasteiger partial charge on any atom is -0.481 e. The van der Waals surface area contributed by atoms with Crippen molar-refractivity contribution in [1.82, 2.24) is 0 Å². The van der Waals surface area contributed by atoms with Crippen molar-refractivity contribution in [2.24, 2.45) is 10.9 Å². The fraction of sp³-hybridized carbons (Fsp3) is 0.556. The van der Waals surface area contributed by atoms with Crippen LogP contribution in [0.1, 0.15) is 27.2 Å². The second-order valence-corrected chi connectivity index (χ2v) is 2.61. The molecule has 0 radical (unpaired) electrons. The largest absolute Gasteiger partial charge is 0.481 e. The summed E-state index contributed by atoms with van der Waals surface area (Å²) in [7, 11) is 0. The molecule has 0 aromatic heterocycles. The van der Waals surface area contributed by atoms with Gasteiger partial charge in [0.2, 0.25) is 0 Å². The van der Waals surface area contributed by atoms with Gasteiger partial charge in [0.1, 0.15) is 0 Å². The van der Waals surface area contributed by atoms with Gasteiger partial charge < -0.3 is 5.11 Å². The van der Waals surface area contributed by atoms with Gasteiger partial charge in [-0.1, -0.05) is 13.0 Å². The van der Waals surface area contributed by atoms with Crippen LogP contribution in [0.5, 0.6) is 0 Å². The van der Waals surface area contributed by atoms with Crippen LogP contribution in [0.25, 0.3) is 0 Å². The van der Waals surface area contributed by atoms with Crippen molar-refractivity contribution >= 4 is 12.2 Å². The Morgan fingerprint density at radius 1 is 1.58 bits per heavy atom. The highest BCUT2D eigenvalue weighted by Gasteiger charge is 2.11. The Hall–Kier alpha value is -1.12. The van der Waals surface area contributed by atoms with Crippen LogP contribution in [0.4, 0.5) is 0 Å². The Kier molecular flexibility index (Phi) is 5.00. The average molecular weight is 169 g/mol. The Bertz CT molecular complexity index is 207. The van der Waals surface area contributed by atoms with Crippen molar-refractivity contribution in [1.29, 1.82) is 0 Å². The SMILES string of the molecule is CC=N/C(=C\C)C[C@H](C)C(=O)O. The van der Waals surface area contributed by atoms with Crippen LogP contribution in [0.3, 0.4) is 0 Å². The Labute approximate surface area is 72.8 Å². The highest BCUT2D eigenvalue weighted by Crippen LogP contribution is 2.12. The van der Waals surface area contributed by atoms with Crippen LogP contribution in [0, 0.1) is 5.92 Å². The lowest BCUT2D eigenvalue weighted by Crippen LogP contribution is -2.09.